The number of nitrogens with zero attached hydrogens (tertiary/aromatic N) is 1. The fourth-order valence-electron chi connectivity index (χ4n) is 2.97. The van der Waals surface area contributed by atoms with E-state index >= 15 is 0 Å². The van der Waals surface area contributed by atoms with Crippen molar-refractivity contribution in [3.8, 4) is 5.75 Å². The maximum Gasteiger partial charge on any atom is 0.443 e. The summed E-state index contributed by atoms with van der Waals surface area (Å²) in [5.41, 5.74) is 3.37. The Morgan fingerprint density at radius 1 is 1.21 bits per heavy atom. The molecule has 9 heteroatoms. The zero-order valence-corrected chi connectivity index (χ0v) is 17.1. The summed E-state index contributed by atoms with van der Waals surface area (Å²) < 4.78 is 45.2. The fourth-order valence-corrected chi connectivity index (χ4v) is 4.19. The van der Waals surface area contributed by atoms with Crippen LogP contribution < -0.4 is 4.74 Å². The number of hydrogen-bond donors (Lipinski definition) is 1. The monoisotopic (exact) mass is 443 g/mol. The van der Waals surface area contributed by atoms with E-state index in [1.165, 1.54) is 6.07 Å². The normalized spacial score (nSPS) is 11.8. The minimum atomic E-state index is -4.52. The van der Waals surface area contributed by atoms with E-state index in [9.17, 15) is 18.0 Å². The van der Waals surface area contributed by atoms with Crippen molar-refractivity contribution >= 4 is 39.1 Å². The number of rotatable bonds is 6. The Hall–Kier alpha value is -2.32. The zero-order valence-electron chi connectivity index (χ0n) is 15.6. The van der Waals surface area contributed by atoms with Gasteiger partial charge in [-0.2, -0.15) is 13.2 Å². The molecule has 3 aromatic rings. The van der Waals surface area contributed by atoms with Crippen LogP contribution in [-0.2, 0) is 24.0 Å². The predicted molar refractivity (Wildman–Crippen MR) is 106 cm³/mol. The average Bonchev–Trinajstić information content (AvgIpc) is 3.06. The number of fused-ring (bicyclic) bond motifs is 1. The molecule has 4 nitrogen and oxygen atoms in total. The molecule has 0 aliphatic rings. The third-order valence-corrected chi connectivity index (χ3v) is 5.89. The molecule has 0 aliphatic carbocycles. The number of thiazole rings is 1. The van der Waals surface area contributed by atoms with Crippen molar-refractivity contribution in [2.24, 2.45) is 0 Å². The molecule has 0 unspecified atom stereocenters. The molecule has 0 fully saturated rings. The molecule has 0 spiro atoms. The Labute approximate surface area is 173 Å². The Bertz CT molecular complexity index is 1080. The number of carbonyl (C=O) groups is 1. The van der Waals surface area contributed by atoms with Crippen LogP contribution in [0.3, 0.4) is 0 Å². The highest BCUT2D eigenvalue weighted by atomic mass is 35.5. The Morgan fingerprint density at radius 3 is 2.59 bits per heavy atom. The zero-order chi connectivity index (χ0) is 21.3. The predicted octanol–water partition coefficient (Wildman–Crippen LogP) is 6.18. The molecule has 1 heterocycles. The lowest BCUT2D eigenvalue weighted by atomic mass is 9.99. The number of ether oxygens (including phenoxy) is 1. The highest BCUT2D eigenvalue weighted by molar-refractivity contribution is 7.18. The van der Waals surface area contributed by atoms with Crippen LogP contribution in [0.1, 0.15) is 33.7 Å². The average molecular weight is 444 g/mol. The molecule has 154 valence electrons. The minimum absolute atomic E-state index is 0.00679. The lowest BCUT2D eigenvalue weighted by Gasteiger charge is -2.14. The molecular weight excluding hydrogens is 427 g/mol. The summed E-state index contributed by atoms with van der Waals surface area (Å²) in [6, 6.07) is 6.55. The van der Waals surface area contributed by atoms with Gasteiger partial charge in [-0.1, -0.05) is 17.7 Å². The number of benzene rings is 2. The smallest absolute Gasteiger partial charge is 0.443 e. The third-order valence-electron chi connectivity index (χ3n) is 4.62. The molecule has 0 amide bonds. The molecule has 2 aromatic carbocycles. The van der Waals surface area contributed by atoms with E-state index in [4.69, 9.17) is 21.4 Å². The number of aromatic nitrogens is 1. The van der Waals surface area contributed by atoms with Gasteiger partial charge in [0.1, 0.15) is 12.4 Å². The summed E-state index contributed by atoms with van der Waals surface area (Å²) in [5, 5.41) is 8.24. The molecule has 0 radical (unpaired) electrons. The molecule has 29 heavy (non-hydrogen) atoms. The number of carboxylic acid groups (broad SMARTS) is 1. The molecule has 1 N–H and O–H groups in total. The summed E-state index contributed by atoms with van der Waals surface area (Å²) >= 11 is 6.61. The van der Waals surface area contributed by atoms with Crippen LogP contribution >= 0.6 is 22.9 Å². The van der Waals surface area contributed by atoms with Gasteiger partial charge in [0.25, 0.3) is 0 Å². The van der Waals surface area contributed by atoms with E-state index in [1.54, 1.807) is 18.2 Å². The number of aliphatic carboxylic acids is 1. The van der Waals surface area contributed by atoms with Crippen LogP contribution in [0.25, 0.3) is 10.2 Å². The van der Waals surface area contributed by atoms with E-state index in [0.717, 1.165) is 16.7 Å². The first kappa shape index (κ1) is 21.4. The van der Waals surface area contributed by atoms with Gasteiger partial charge in [-0.15, -0.1) is 11.3 Å². The second kappa shape index (κ2) is 8.20. The lowest BCUT2D eigenvalue weighted by molar-refractivity contribution is -0.138. The van der Waals surface area contributed by atoms with Crippen molar-refractivity contribution in [3.63, 3.8) is 0 Å². The van der Waals surface area contributed by atoms with Crippen LogP contribution in [0.5, 0.6) is 5.75 Å². The number of hydrogen-bond acceptors (Lipinski definition) is 4. The van der Waals surface area contributed by atoms with Gasteiger partial charge >= 0.3 is 12.1 Å². The summed E-state index contributed by atoms with van der Waals surface area (Å²) in [5.74, 6) is -0.296. The second-order valence-corrected chi connectivity index (χ2v) is 8.05. The van der Waals surface area contributed by atoms with Gasteiger partial charge in [0.2, 0.25) is 0 Å². The van der Waals surface area contributed by atoms with Crippen molar-refractivity contribution in [2.45, 2.75) is 39.5 Å². The van der Waals surface area contributed by atoms with E-state index in [0.29, 0.717) is 38.8 Å². The molecule has 3 rings (SSSR count). The first-order valence-electron chi connectivity index (χ1n) is 8.66. The molecule has 1 aromatic heterocycles. The number of alkyl halides is 3. The second-order valence-electron chi connectivity index (χ2n) is 6.58. The van der Waals surface area contributed by atoms with Gasteiger partial charge in [0.05, 0.1) is 10.2 Å². The van der Waals surface area contributed by atoms with Gasteiger partial charge in [-0.3, -0.25) is 4.79 Å². The Balaban J connectivity index is 1.86. The summed E-state index contributed by atoms with van der Waals surface area (Å²) in [7, 11) is 0. The maximum atomic E-state index is 13.0. The maximum absolute atomic E-state index is 13.0. The molecule has 0 bridgehead atoms. The quantitative estimate of drug-likeness (QED) is 0.494. The summed E-state index contributed by atoms with van der Waals surface area (Å²) in [6.07, 6.45) is -4.07. The number of aryl methyl sites for hydroxylation is 1. The molecule has 0 saturated heterocycles. The molecule has 0 aliphatic heterocycles. The highest BCUT2D eigenvalue weighted by Gasteiger charge is 2.35. The van der Waals surface area contributed by atoms with Gasteiger partial charge in [0.15, 0.2) is 5.01 Å². The van der Waals surface area contributed by atoms with E-state index in [-0.39, 0.29) is 18.5 Å². The van der Waals surface area contributed by atoms with Crippen LogP contribution in [0.15, 0.2) is 24.3 Å². The third kappa shape index (κ3) is 4.82. The van der Waals surface area contributed by atoms with Gasteiger partial charge in [-0.25, -0.2) is 4.98 Å². The largest absolute Gasteiger partial charge is 0.489 e. The first-order chi connectivity index (χ1) is 13.6. The van der Waals surface area contributed by atoms with E-state index in [1.807, 2.05) is 13.8 Å². The molecular formula is C20H17ClF3NO3S. The molecule has 0 atom stereocenters. The van der Waals surface area contributed by atoms with Crippen molar-refractivity contribution in [1.29, 1.82) is 0 Å². The van der Waals surface area contributed by atoms with Crippen molar-refractivity contribution < 1.29 is 27.8 Å². The van der Waals surface area contributed by atoms with E-state index in [2.05, 4.69) is 4.98 Å². The Morgan fingerprint density at radius 2 is 1.93 bits per heavy atom. The van der Waals surface area contributed by atoms with Gasteiger partial charge < -0.3 is 9.84 Å². The number of carboxylic acids is 1. The fraction of sp³-hybridized carbons (Fsp3) is 0.300. The Kier molecular flexibility index (Phi) is 6.05. The van der Waals surface area contributed by atoms with Crippen LogP contribution in [0.2, 0.25) is 5.02 Å². The lowest BCUT2D eigenvalue weighted by Crippen LogP contribution is -2.04. The van der Waals surface area contributed by atoms with Crippen molar-refractivity contribution in [3.05, 3.63) is 56.5 Å². The first-order valence-corrected chi connectivity index (χ1v) is 9.85. The van der Waals surface area contributed by atoms with E-state index < -0.39 is 17.2 Å². The topological polar surface area (TPSA) is 59.4 Å². The SMILES string of the molecule is Cc1c(CCC(=O)O)ccc(OCc2cc(Cl)cc3sc(C(F)(F)F)nc23)c1C. The molecule has 0 saturated carbocycles. The van der Waals surface area contributed by atoms with Crippen molar-refractivity contribution in [1.82, 2.24) is 4.98 Å². The highest BCUT2D eigenvalue weighted by Crippen LogP contribution is 2.38. The van der Waals surface area contributed by atoms with Crippen molar-refractivity contribution in [2.75, 3.05) is 0 Å². The summed E-state index contributed by atoms with van der Waals surface area (Å²) in [4.78, 5) is 14.5. The number of halogens is 4. The van der Waals surface area contributed by atoms with Crippen LogP contribution in [-0.4, -0.2) is 16.1 Å². The standard InChI is InChI=1S/C20H17ClF3NO3S/c1-10-11(2)15(5-3-12(10)4-6-17(26)27)28-9-13-7-14(21)8-16-18(13)25-19(29-16)20(22,23)24/h3,5,7-8H,4,6,9H2,1-2H3,(H,26,27). The summed E-state index contributed by atoms with van der Waals surface area (Å²) in [6.45, 7) is 3.74. The van der Waals surface area contributed by atoms with Crippen LogP contribution in [0.4, 0.5) is 13.2 Å². The minimum Gasteiger partial charge on any atom is -0.489 e. The van der Waals surface area contributed by atoms with Crippen LogP contribution in [0, 0.1) is 13.8 Å². The van der Waals surface area contributed by atoms with Gasteiger partial charge in [-0.05, 0) is 55.2 Å². The van der Waals surface area contributed by atoms with Gasteiger partial charge in [0, 0.05) is 17.0 Å².